The van der Waals surface area contributed by atoms with E-state index in [2.05, 4.69) is 56.4 Å². The molecule has 2 nitrogen and oxygen atoms in total. The maximum Gasteiger partial charge on any atom is 0.0431 e. The minimum Gasteiger partial charge on any atom is -0.396 e. The third kappa shape index (κ3) is 6.74. The van der Waals surface area contributed by atoms with E-state index in [1.807, 2.05) is 0 Å². The summed E-state index contributed by atoms with van der Waals surface area (Å²) in [5.74, 6) is 0. The third-order valence-corrected chi connectivity index (χ3v) is 3.70. The Labute approximate surface area is 118 Å². The minimum absolute atomic E-state index is 0.257. The molecule has 19 heavy (non-hydrogen) atoms. The molecule has 0 radical (unpaired) electrons. The van der Waals surface area contributed by atoms with Crippen molar-refractivity contribution in [2.45, 2.75) is 52.5 Å². The molecule has 1 unspecified atom stereocenters. The average molecular weight is 263 g/mol. The molecule has 2 heteroatoms. The number of aliphatic hydroxyl groups excluding tert-OH is 1. The van der Waals surface area contributed by atoms with Crippen molar-refractivity contribution in [1.29, 1.82) is 0 Å². The summed E-state index contributed by atoms with van der Waals surface area (Å²) in [6, 6.07) is 11.2. The number of aliphatic hydroxyl groups is 1. The lowest BCUT2D eigenvalue weighted by Crippen LogP contribution is -2.38. The van der Waals surface area contributed by atoms with E-state index in [0.29, 0.717) is 12.6 Å². The van der Waals surface area contributed by atoms with E-state index in [1.54, 1.807) is 0 Å². The van der Waals surface area contributed by atoms with Gasteiger partial charge in [0.1, 0.15) is 0 Å². The number of rotatable bonds is 9. The normalized spacial score (nSPS) is 13.5. The van der Waals surface area contributed by atoms with E-state index >= 15 is 0 Å². The fraction of sp³-hybridized carbons (Fsp3) is 0.647. The third-order valence-electron chi connectivity index (χ3n) is 3.70. The Morgan fingerprint density at radius 1 is 1.21 bits per heavy atom. The monoisotopic (exact) mass is 263 g/mol. The lowest BCUT2D eigenvalue weighted by molar-refractivity contribution is 0.231. The molecule has 0 spiro atoms. The lowest BCUT2D eigenvalue weighted by Gasteiger charge is -2.28. The van der Waals surface area contributed by atoms with Crippen LogP contribution in [0.2, 0.25) is 0 Å². The summed E-state index contributed by atoms with van der Waals surface area (Å²) in [6.07, 6.45) is 4.20. The maximum absolute atomic E-state index is 8.93. The Hall–Kier alpha value is -0.860. The van der Waals surface area contributed by atoms with Gasteiger partial charge in [-0.05, 0) is 36.7 Å². The highest BCUT2D eigenvalue weighted by atomic mass is 16.2. The quantitative estimate of drug-likeness (QED) is 0.716. The molecular weight excluding hydrogens is 234 g/mol. The number of hydrogen-bond donors (Lipinski definition) is 2. The van der Waals surface area contributed by atoms with Crippen molar-refractivity contribution in [2.75, 3.05) is 13.2 Å². The molecule has 0 fully saturated rings. The lowest BCUT2D eigenvalue weighted by atomic mass is 9.87. The van der Waals surface area contributed by atoms with Crippen LogP contribution in [-0.2, 0) is 6.42 Å². The van der Waals surface area contributed by atoms with E-state index in [4.69, 9.17) is 5.11 Å². The van der Waals surface area contributed by atoms with Gasteiger partial charge in [-0.3, -0.25) is 0 Å². The van der Waals surface area contributed by atoms with Gasteiger partial charge in [0.05, 0.1) is 0 Å². The van der Waals surface area contributed by atoms with Gasteiger partial charge in [0.15, 0.2) is 0 Å². The minimum atomic E-state index is 0.257. The van der Waals surface area contributed by atoms with E-state index in [-0.39, 0.29) is 5.41 Å². The second-order valence-corrected chi connectivity index (χ2v) is 6.17. The molecule has 0 heterocycles. The van der Waals surface area contributed by atoms with Crippen molar-refractivity contribution in [3.05, 3.63) is 35.9 Å². The Morgan fingerprint density at radius 2 is 1.89 bits per heavy atom. The van der Waals surface area contributed by atoms with Crippen molar-refractivity contribution in [3.63, 3.8) is 0 Å². The van der Waals surface area contributed by atoms with Crippen LogP contribution in [0.4, 0.5) is 0 Å². The van der Waals surface area contributed by atoms with E-state index in [0.717, 1.165) is 32.2 Å². The zero-order chi connectivity index (χ0) is 14.1. The predicted molar refractivity (Wildman–Crippen MR) is 82.3 cm³/mol. The zero-order valence-corrected chi connectivity index (χ0v) is 12.7. The van der Waals surface area contributed by atoms with Crippen LogP contribution >= 0.6 is 0 Å². The highest BCUT2D eigenvalue weighted by Crippen LogP contribution is 2.21. The number of hydrogen-bond acceptors (Lipinski definition) is 2. The zero-order valence-electron chi connectivity index (χ0n) is 12.7. The smallest absolute Gasteiger partial charge is 0.0431 e. The molecule has 1 aromatic carbocycles. The molecule has 1 rings (SSSR count). The molecule has 1 aromatic rings. The van der Waals surface area contributed by atoms with Crippen LogP contribution in [0.3, 0.4) is 0 Å². The van der Waals surface area contributed by atoms with Gasteiger partial charge in [0, 0.05) is 19.2 Å². The molecule has 0 aliphatic carbocycles. The highest BCUT2D eigenvalue weighted by Gasteiger charge is 2.18. The largest absolute Gasteiger partial charge is 0.396 e. The van der Waals surface area contributed by atoms with Crippen molar-refractivity contribution in [1.82, 2.24) is 5.32 Å². The molecule has 0 aliphatic rings. The number of nitrogens with one attached hydrogen (secondary N) is 1. The molecule has 2 N–H and O–H groups in total. The van der Waals surface area contributed by atoms with Gasteiger partial charge < -0.3 is 10.4 Å². The van der Waals surface area contributed by atoms with Gasteiger partial charge in [-0.1, -0.05) is 51.1 Å². The Balaban J connectivity index is 2.40. The van der Waals surface area contributed by atoms with Crippen LogP contribution in [-0.4, -0.2) is 24.3 Å². The first-order valence-electron chi connectivity index (χ1n) is 7.45. The molecule has 108 valence electrons. The first-order chi connectivity index (χ1) is 9.07. The summed E-state index contributed by atoms with van der Waals surface area (Å²) in [5, 5.41) is 12.6. The van der Waals surface area contributed by atoms with Crippen LogP contribution < -0.4 is 5.32 Å². The van der Waals surface area contributed by atoms with Gasteiger partial charge in [-0.2, -0.15) is 0 Å². The molecule has 0 amide bonds. The van der Waals surface area contributed by atoms with Crippen LogP contribution in [0.1, 0.15) is 45.6 Å². The van der Waals surface area contributed by atoms with E-state index in [9.17, 15) is 0 Å². The molecular formula is C17H29NO. The Bertz CT molecular complexity index is 334. The van der Waals surface area contributed by atoms with Crippen molar-refractivity contribution in [2.24, 2.45) is 5.41 Å². The van der Waals surface area contributed by atoms with Crippen LogP contribution in [0, 0.1) is 5.41 Å². The maximum atomic E-state index is 8.93. The average Bonchev–Trinajstić information content (AvgIpc) is 2.42. The van der Waals surface area contributed by atoms with Crippen molar-refractivity contribution < 1.29 is 5.11 Å². The molecule has 0 aliphatic heterocycles. The Kier molecular flexibility index (Phi) is 7.11. The van der Waals surface area contributed by atoms with Crippen LogP contribution in [0.5, 0.6) is 0 Å². The van der Waals surface area contributed by atoms with E-state index in [1.165, 1.54) is 5.56 Å². The molecule has 0 saturated carbocycles. The second-order valence-electron chi connectivity index (χ2n) is 6.17. The summed E-state index contributed by atoms with van der Waals surface area (Å²) >= 11 is 0. The Morgan fingerprint density at radius 3 is 2.47 bits per heavy atom. The number of benzene rings is 1. The van der Waals surface area contributed by atoms with Crippen molar-refractivity contribution in [3.8, 4) is 0 Å². The summed E-state index contributed by atoms with van der Waals surface area (Å²) in [7, 11) is 0. The molecule has 1 atom stereocenters. The van der Waals surface area contributed by atoms with Crippen molar-refractivity contribution >= 4 is 0 Å². The standard InChI is InChI=1S/C17H29NO/c1-4-16(13-15-9-6-5-7-10-15)18-14-17(2,3)11-8-12-19/h5-7,9-10,16,18-19H,4,8,11-14H2,1-3H3. The van der Waals surface area contributed by atoms with Crippen LogP contribution in [0.25, 0.3) is 0 Å². The SMILES string of the molecule is CCC(Cc1ccccc1)NCC(C)(C)CCCO. The summed E-state index contributed by atoms with van der Waals surface area (Å²) in [5.41, 5.74) is 1.65. The van der Waals surface area contributed by atoms with Crippen LogP contribution in [0.15, 0.2) is 30.3 Å². The first kappa shape index (κ1) is 16.2. The molecule has 0 aromatic heterocycles. The van der Waals surface area contributed by atoms with Gasteiger partial charge in [-0.15, -0.1) is 0 Å². The molecule has 0 saturated heterocycles. The summed E-state index contributed by atoms with van der Waals surface area (Å²) < 4.78 is 0. The highest BCUT2D eigenvalue weighted by molar-refractivity contribution is 5.15. The van der Waals surface area contributed by atoms with Gasteiger partial charge in [-0.25, -0.2) is 0 Å². The fourth-order valence-corrected chi connectivity index (χ4v) is 2.33. The molecule has 0 bridgehead atoms. The topological polar surface area (TPSA) is 32.3 Å². The summed E-state index contributed by atoms with van der Waals surface area (Å²) in [4.78, 5) is 0. The summed E-state index contributed by atoms with van der Waals surface area (Å²) in [6.45, 7) is 8.08. The predicted octanol–water partition coefficient (Wildman–Crippen LogP) is 3.40. The first-order valence-corrected chi connectivity index (χ1v) is 7.45. The van der Waals surface area contributed by atoms with E-state index < -0.39 is 0 Å². The van der Waals surface area contributed by atoms with Gasteiger partial charge >= 0.3 is 0 Å². The second kappa shape index (κ2) is 8.34. The van der Waals surface area contributed by atoms with Gasteiger partial charge in [0.25, 0.3) is 0 Å². The van der Waals surface area contributed by atoms with Gasteiger partial charge in [0.2, 0.25) is 0 Å². The fourth-order valence-electron chi connectivity index (χ4n) is 2.33.